The van der Waals surface area contributed by atoms with E-state index in [0.717, 1.165) is 30.3 Å². The van der Waals surface area contributed by atoms with Crippen molar-refractivity contribution in [1.82, 2.24) is 0 Å². The molecule has 21 heavy (non-hydrogen) atoms. The predicted octanol–water partition coefficient (Wildman–Crippen LogP) is 2.71. The minimum Gasteiger partial charge on any atom is -0.462 e. The average Bonchev–Trinajstić information content (AvgIpc) is 2.84. The number of nitrogens with two attached hydrogens (primary N) is 1. The Labute approximate surface area is 133 Å². The molecule has 0 aliphatic carbocycles. The summed E-state index contributed by atoms with van der Waals surface area (Å²) in [6, 6.07) is 2.14. The van der Waals surface area contributed by atoms with Gasteiger partial charge < -0.3 is 15.4 Å². The van der Waals surface area contributed by atoms with Crippen LogP contribution in [-0.4, -0.2) is 36.7 Å². The lowest BCUT2D eigenvalue weighted by Crippen LogP contribution is -2.37. The summed E-state index contributed by atoms with van der Waals surface area (Å²) < 4.78 is 5.01. The van der Waals surface area contributed by atoms with Gasteiger partial charge in [-0.3, -0.25) is 0 Å². The van der Waals surface area contributed by atoms with Crippen LogP contribution in [0.5, 0.6) is 0 Å². The van der Waals surface area contributed by atoms with E-state index in [-0.39, 0.29) is 5.69 Å². The summed E-state index contributed by atoms with van der Waals surface area (Å²) in [6.45, 7) is 5.97. The second-order valence-corrected chi connectivity index (χ2v) is 7.11. The molecular weight excluding hydrogens is 306 g/mol. The normalized spacial score (nSPS) is 18.3. The van der Waals surface area contributed by atoms with Gasteiger partial charge in [0.05, 0.1) is 12.3 Å². The Kier molecular flexibility index (Phi) is 5.37. The number of hydrogen-bond donors (Lipinski definition) is 1. The van der Waals surface area contributed by atoms with Gasteiger partial charge in [-0.25, -0.2) is 4.79 Å². The fourth-order valence-corrected chi connectivity index (χ4v) is 4.54. The molecule has 0 amide bonds. The van der Waals surface area contributed by atoms with Gasteiger partial charge in [-0.05, 0) is 13.3 Å². The van der Waals surface area contributed by atoms with E-state index in [1.807, 2.05) is 11.8 Å². The Morgan fingerprint density at radius 1 is 1.57 bits per heavy atom. The highest BCUT2D eigenvalue weighted by atomic mass is 32.2. The monoisotopic (exact) mass is 325 g/mol. The molecule has 2 N–H and O–H groups in total. The van der Waals surface area contributed by atoms with E-state index in [1.165, 1.54) is 11.3 Å². The highest BCUT2D eigenvalue weighted by molar-refractivity contribution is 8.00. The van der Waals surface area contributed by atoms with Gasteiger partial charge >= 0.3 is 5.97 Å². The molecule has 1 unspecified atom stereocenters. The van der Waals surface area contributed by atoms with Crippen LogP contribution < -0.4 is 10.6 Å². The Bertz CT molecular complexity index is 565. The third-order valence-corrected chi connectivity index (χ3v) is 6.00. The molecule has 1 saturated heterocycles. The largest absolute Gasteiger partial charge is 0.462 e. The maximum absolute atomic E-state index is 11.9. The Morgan fingerprint density at radius 2 is 2.33 bits per heavy atom. The summed E-state index contributed by atoms with van der Waals surface area (Å²) in [6.07, 6.45) is 1.09. The van der Waals surface area contributed by atoms with Gasteiger partial charge in [0.15, 0.2) is 0 Å². The maximum atomic E-state index is 11.9. The number of esters is 1. The summed E-state index contributed by atoms with van der Waals surface area (Å²) >= 11 is 3.23. The molecule has 0 radical (unpaired) electrons. The number of carbonyl (C=O) groups is 1. The van der Waals surface area contributed by atoms with Crippen molar-refractivity contribution >= 4 is 39.8 Å². The first-order chi connectivity index (χ1) is 10.1. The van der Waals surface area contributed by atoms with Crippen molar-refractivity contribution in [3.63, 3.8) is 0 Å². The van der Waals surface area contributed by atoms with E-state index in [2.05, 4.69) is 17.9 Å². The molecule has 1 atom stereocenters. The summed E-state index contributed by atoms with van der Waals surface area (Å²) in [5, 5.41) is 10.7. The van der Waals surface area contributed by atoms with Crippen molar-refractivity contribution in [2.75, 3.05) is 36.1 Å². The number of nitriles is 1. The molecule has 1 aliphatic rings. The number of thioether (sulfide) groups is 1. The first-order valence-corrected chi connectivity index (χ1v) is 8.84. The second kappa shape index (κ2) is 7.05. The molecule has 7 heteroatoms. The SMILES string of the molecule is CCOC(=O)c1sc(N2CCSC(CC)C2)c(C#N)c1N. The van der Waals surface area contributed by atoms with Gasteiger partial charge in [0.2, 0.25) is 0 Å². The van der Waals surface area contributed by atoms with Crippen molar-refractivity contribution in [2.24, 2.45) is 0 Å². The molecule has 1 aromatic rings. The fraction of sp³-hybridized carbons (Fsp3) is 0.571. The van der Waals surface area contributed by atoms with E-state index in [4.69, 9.17) is 10.5 Å². The highest BCUT2D eigenvalue weighted by Gasteiger charge is 2.28. The molecule has 1 aliphatic heterocycles. The van der Waals surface area contributed by atoms with Crippen LogP contribution in [0.15, 0.2) is 0 Å². The zero-order valence-electron chi connectivity index (χ0n) is 12.2. The number of rotatable bonds is 4. The summed E-state index contributed by atoms with van der Waals surface area (Å²) in [4.78, 5) is 14.4. The van der Waals surface area contributed by atoms with Crippen LogP contribution in [-0.2, 0) is 4.74 Å². The first-order valence-electron chi connectivity index (χ1n) is 6.98. The van der Waals surface area contributed by atoms with Crippen LogP contribution in [0.1, 0.15) is 35.5 Å². The van der Waals surface area contributed by atoms with Gasteiger partial charge in [-0.15, -0.1) is 11.3 Å². The molecule has 114 valence electrons. The number of nitrogen functional groups attached to an aromatic ring is 1. The predicted molar refractivity (Wildman–Crippen MR) is 88.2 cm³/mol. The quantitative estimate of drug-likeness (QED) is 0.858. The first kappa shape index (κ1) is 16.0. The Balaban J connectivity index is 2.33. The minimum atomic E-state index is -0.443. The van der Waals surface area contributed by atoms with Crippen LogP contribution in [0.3, 0.4) is 0 Å². The van der Waals surface area contributed by atoms with Gasteiger partial charge in [-0.1, -0.05) is 6.92 Å². The van der Waals surface area contributed by atoms with Crippen LogP contribution >= 0.6 is 23.1 Å². The van der Waals surface area contributed by atoms with Crippen LogP contribution in [0.25, 0.3) is 0 Å². The lowest BCUT2D eigenvalue weighted by Gasteiger charge is -2.32. The number of carbonyl (C=O) groups excluding carboxylic acids is 1. The van der Waals surface area contributed by atoms with E-state index in [9.17, 15) is 10.1 Å². The van der Waals surface area contributed by atoms with E-state index in [0.29, 0.717) is 22.3 Å². The summed E-state index contributed by atoms with van der Waals surface area (Å²) in [5.41, 5.74) is 6.63. The summed E-state index contributed by atoms with van der Waals surface area (Å²) in [7, 11) is 0. The second-order valence-electron chi connectivity index (χ2n) is 4.70. The molecule has 2 rings (SSSR count). The van der Waals surface area contributed by atoms with Crippen LogP contribution in [0.4, 0.5) is 10.7 Å². The van der Waals surface area contributed by atoms with Crippen molar-refractivity contribution in [2.45, 2.75) is 25.5 Å². The lowest BCUT2D eigenvalue weighted by atomic mass is 10.2. The van der Waals surface area contributed by atoms with Crippen molar-refractivity contribution in [3.8, 4) is 6.07 Å². The van der Waals surface area contributed by atoms with E-state index in [1.54, 1.807) is 6.92 Å². The van der Waals surface area contributed by atoms with Crippen LogP contribution in [0.2, 0.25) is 0 Å². The van der Waals surface area contributed by atoms with Gasteiger partial charge in [0.1, 0.15) is 21.5 Å². The molecule has 2 heterocycles. The van der Waals surface area contributed by atoms with Gasteiger partial charge in [-0.2, -0.15) is 17.0 Å². The van der Waals surface area contributed by atoms with Gasteiger partial charge in [0, 0.05) is 24.1 Å². The Morgan fingerprint density at radius 3 is 2.95 bits per heavy atom. The van der Waals surface area contributed by atoms with E-state index >= 15 is 0 Å². The van der Waals surface area contributed by atoms with Crippen LogP contribution in [0, 0.1) is 11.3 Å². The molecule has 1 fully saturated rings. The smallest absolute Gasteiger partial charge is 0.350 e. The zero-order valence-corrected chi connectivity index (χ0v) is 13.9. The molecule has 0 aromatic carbocycles. The van der Waals surface area contributed by atoms with Gasteiger partial charge in [0.25, 0.3) is 0 Å². The topological polar surface area (TPSA) is 79.3 Å². The number of ether oxygens (including phenoxy) is 1. The molecule has 0 bridgehead atoms. The molecule has 5 nitrogen and oxygen atoms in total. The van der Waals surface area contributed by atoms with Crippen molar-refractivity contribution in [3.05, 3.63) is 10.4 Å². The third kappa shape index (κ3) is 3.27. The maximum Gasteiger partial charge on any atom is 0.350 e. The lowest BCUT2D eigenvalue weighted by molar-refractivity contribution is 0.0533. The Hall–Kier alpha value is -1.39. The number of nitrogens with zero attached hydrogens (tertiary/aromatic N) is 2. The summed E-state index contributed by atoms with van der Waals surface area (Å²) in [5.74, 6) is 0.580. The van der Waals surface area contributed by atoms with Crippen molar-refractivity contribution in [1.29, 1.82) is 5.26 Å². The molecule has 1 aromatic heterocycles. The molecular formula is C14H19N3O2S2. The number of anilines is 2. The van der Waals surface area contributed by atoms with Crippen molar-refractivity contribution < 1.29 is 9.53 Å². The highest BCUT2D eigenvalue weighted by Crippen LogP contribution is 2.40. The zero-order chi connectivity index (χ0) is 15.4. The standard InChI is InChI=1S/C14H19N3O2S2/c1-3-9-8-17(5-6-20-9)13-10(7-15)11(16)12(21-13)14(18)19-4-2/h9H,3-6,8,16H2,1-2H3. The fourth-order valence-electron chi connectivity index (χ4n) is 2.26. The minimum absolute atomic E-state index is 0.252. The third-order valence-electron chi connectivity index (χ3n) is 3.38. The number of thiophene rings is 1. The van der Waals surface area contributed by atoms with E-state index < -0.39 is 5.97 Å². The average molecular weight is 325 g/mol. The molecule has 0 spiro atoms. The molecule has 0 saturated carbocycles. The number of hydrogen-bond acceptors (Lipinski definition) is 7.